The molecular formula is C21H21N3O4S. The number of amides is 2. The fraction of sp³-hybridized carbons (Fsp3) is 0.190. The maximum absolute atomic E-state index is 12.5. The van der Waals surface area contributed by atoms with Crippen molar-refractivity contribution in [2.75, 3.05) is 25.6 Å². The molecular weight excluding hydrogens is 390 g/mol. The number of carbonyl (C=O) groups excluding carboxylic acids is 2. The summed E-state index contributed by atoms with van der Waals surface area (Å²) in [5, 5.41) is 7.52. The Hall–Kier alpha value is -3.23. The van der Waals surface area contributed by atoms with Crippen LogP contribution in [0.4, 0.5) is 5.69 Å². The van der Waals surface area contributed by atoms with Crippen LogP contribution in [0.1, 0.15) is 25.6 Å². The maximum atomic E-state index is 12.5. The predicted molar refractivity (Wildman–Crippen MR) is 111 cm³/mol. The lowest BCUT2D eigenvalue weighted by molar-refractivity contribution is 0.0953. The van der Waals surface area contributed by atoms with Crippen molar-refractivity contribution in [2.24, 2.45) is 0 Å². The number of nitrogens with one attached hydrogen (secondary N) is 2. The summed E-state index contributed by atoms with van der Waals surface area (Å²) in [7, 11) is 1.59. The van der Waals surface area contributed by atoms with Crippen molar-refractivity contribution in [3.05, 3.63) is 76.1 Å². The molecule has 29 heavy (non-hydrogen) atoms. The average Bonchev–Trinajstić information content (AvgIpc) is 3.29. The van der Waals surface area contributed by atoms with Crippen LogP contribution in [0, 0.1) is 0 Å². The van der Waals surface area contributed by atoms with E-state index in [0.717, 1.165) is 5.56 Å². The van der Waals surface area contributed by atoms with Gasteiger partial charge in [-0.2, -0.15) is 0 Å². The van der Waals surface area contributed by atoms with Crippen molar-refractivity contribution < 1.29 is 19.1 Å². The molecule has 0 unspecified atom stereocenters. The molecule has 0 saturated carbocycles. The number of aromatic nitrogens is 1. The first kappa shape index (κ1) is 20.5. The first-order valence-electron chi connectivity index (χ1n) is 8.96. The molecule has 8 heteroatoms. The number of anilines is 1. The van der Waals surface area contributed by atoms with Gasteiger partial charge in [-0.15, -0.1) is 11.3 Å². The summed E-state index contributed by atoms with van der Waals surface area (Å²) >= 11 is 1.39. The molecule has 0 bridgehead atoms. The Morgan fingerprint density at radius 3 is 2.59 bits per heavy atom. The number of hydrogen-bond acceptors (Lipinski definition) is 6. The van der Waals surface area contributed by atoms with Gasteiger partial charge in [0.2, 0.25) is 5.88 Å². The summed E-state index contributed by atoms with van der Waals surface area (Å²) in [5.74, 6) is -0.0472. The molecule has 0 atom stereocenters. The van der Waals surface area contributed by atoms with Gasteiger partial charge in [-0.3, -0.25) is 9.59 Å². The van der Waals surface area contributed by atoms with Gasteiger partial charge in [-0.05, 0) is 41.3 Å². The molecule has 1 aromatic carbocycles. The molecule has 0 radical (unpaired) electrons. The van der Waals surface area contributed by atoms with Crippen LogP contribution in [0.3, 0.4) is 0 Å². The molecule has 0 spiro atoms. The number of methoxy groups -OCH3 is 1. The van der Waals surface area contributed by atoms with Gasteiger partial charge in [0, 0.05) is 25.4 Å². The Kier molecular flexibility index (Phi) is 7.32. The Morgan fingerprint density at radius 1 is 1.03 bits per heavy atom. The summed E-state index contributed by atoms with van der Waals surface area (Å²) in [6.45, 7) is 1.15. The van der Waals surface area contributed by atoms with E-state index in [-0.39, 0.29) is 11.8 Å². The SMILES string of the molecule is COCCOc1ncccc1NC(=O)c1ccc(CNC(=O)c2cccs2)cc1. The zero-order valence-electron chi connectivity index (χ0n) is 15.9. The molecule has 0 aliphatic heterocycles. The topological polar surface area (TPSA) is 89.6 Å². The molecule has 150 valence electrons. The molecule has 0 aliphatic carbocycles. The molecule has 2 heterocycles. The number of pyridine rings is 1. The lowest BCUT2D eigenvalue weighted by Gasteiger charge is -2.11. The fourth-order valence-corrected chi connectivity index (χ4v) is 3.11. The van der Waals surface area contributed by atoms with Crippen LogP contribution in [0.2, 0.25) is 0 Å². The van der Waals surface area contributed by atoms with E-state index < -0.39 is 0 Å². The second-order valence-corrected chi connectivity index (χ2v) is 6.96. The van der Waals surface area contributed by atoms with E-state index in [1.165, 1.54) is 11.3 Å². The lowest BCUT2D eigenvalue weighted by atomic mass is 10.1. The van der Waals surface area contributed by atoms with E-state index in [1.54, 1.807) is 43.6 Å². The van der Waals surface area contributed by atoms with Crippen LogP contribution in [0.25, 0.3) is 0 Å². The Balaban J connectivity index is 1.57. The molecule has 7 nitrogen and oxygen atoms in total. The minimum Gasteiger partial charge on any atom is -0.474 e. The molecule has 2 N–H and O–H groups in total. The summed E-state index contributed by atoms with van der Waals surface area (Å²) < 4.78 is 10.5. The predicted octanol–water partition coefficient (Wildman–Crippen LogP) is 3.35. The van der Waals surface area contributed by atoms with Gasteiger partial charge in [0.15, 0.2) is 0 Å². The highest BCUT2D eigenvalue weighted by atomic mass is 32.1. The highest BCUT2D eigenvalue weighted by Crippen LogP contribution is 2.21. The summed E-state index contributed by atoms with van der Waals surface area (Å²) in [4.78, 5) is 29.3. The van der Waals surface area contributed by atoms with E-state index in [2.05, 4.69) is 15.6 Å². The van der Waals surface area contributed by atoms with Crippen LogP contribution in [0.5, 0.6) is 5.88 Å². The minimum atomic E-state index is -0.274. The van der Waals surface area contributed by atoms with Crippen molar-refractivity contribution in [3.63, 3.8) is 0 Å². The monoisotopic (exact) mass is 411 g/mol. The van der Waals surface area contributed by atoms with E-state index in [1.807, 2.05) is 23.6 Å². The smallest absolute Gasteiger partial charge is 0.261 e. The average molecular weight is 411 g/mol. The van der Waals surface area contributed by atoms with Gasteiger partial charge >= 0.3 is 0 Å². The Morgan fingerprint density at radius 2 is 1.86 bits per heavy atom. The molecule has 0 fully saturated rings. The standard InChI is InChI=1S/C21H21N3O4S/c1-27-11-12-28-21-17(4-2-10-22-21)24-19(25)16-8-6-15(7-9-16)14-23-20(26)18-5-3-13-29-18/h2-10,13H,11-12,14H2,1H3,(H,23,26)(H,24,25). The second kappa shape index (κ2) is 10.4. The normalized spacial score (nSPS) is 10.4. The van der Waals surface area contributed by atoms with Crippen molar-refractivity contribution in [3.8, 4) is 5.88 Å². The van der Waals surface area contributed by atoms with Crippen LogP contribution >= 0.6 is 11.3 Å². The molecule has 2 amide bonds. The summed E-state index contributed by atoms with van der Waals surface area (Å²) in [5.41, 5.74) is 1.88. The van der Waals surface area contributed by atoms with Crippen LogP contribution in [-0.2, 0) is 11.3 Å². The van der Waals surface area contributed by atoms with E-state index in [0.29, 0.717) is 41.8 Å². The van der Waals surface area contributed by atoms with Crippen molar-refractivity contribution in [1.29, 1.82) is 0 Å². The number of rotatable bonds is 9. The molecule has 0 saturated heterocycles. The second-order valence-electron chi connectivity index (χ2n) is 6.01. The number of ether oxygens (including phenoxy) is 2. The van der Waals surface area contributed by atoms with Gasteiger partial charge in [0.1, 0.15) is 12.3 Å². The van der Waals surface area contributed by atoms with Crippen LogP contribution < -0.4 is 15.4 Å². The lowest BCUT2D eigenvalue weighted by Crippen LogP contribution is -2.21. The van der Waals surface area contributed by atoms with E-state index in [9.17, 15) is 9.59 Å². The number of benzene rings is 1. The summed E-state index contributed by atoms with van der Waals surface area (Å²) in [6.07, 6.45) is 1.59. The third-order valence-electron chi connectivity index (χ3n) is 3.96. The summed E-state index contributed by atoms with van der Waals surface area (Å²) in [6, 6.07) is 14.1. The van der Waals surface area contributed by atoms with Crippen molar-refractivity contribution in [1.82, 2.24) is 10.3 Å². The minimum absolute atomic E-state index is 0.112. The van der Waals surface area contributed by atoms with Gasteiger partial charge in [-0.25, -0.2) is 4.98 Å². The fourth-order valence-electron chi connectivity index (χ4n) is 2.47. The molecule has 3 aromatic rings. The Labute approximate surface area is 172 Å². The third-order valence-corrected chi connectivity index (χ3v) is 4.83. The quantitative estimate of drug-likeness (QED) is 0.527. The highest BCUT2D eigenvalue weighted by Gasteiger charge is 2.11. The van der Waals surface area contributed by atoms with Gasteiger partial charge in [-0.1, -0.05) is 18.2 Å². The highest BCUT2D eigenvalue weighted by molar-refractivity contribution is 7.12. The van der Waals surface area contributed by atoms with Crippen molar-refractivity contribution in [2.45, 2.75) is 6.54 Å². The molecule has 2 aromatic heterocycles. The number of carbonyl (C=O) groups is 2. The van der Waals surface area contributed by atoms with Crippen molar-refractivity contribution >= 4 is 28.8 Å². The Bertz CT molecular complexity index is 943. The largest absolute Gasteiger partial charge is 0.474 e. The zero-order chi connectivity index (χ0) is 20.5. The van der Waals surface area contributed by atoms with E-state index in [4.69, 9.17) is 9.47 Å². The van der Waals surface area contributed by atoms with Gasteiger partial charge < -0.3 is 20.1 Å². The van der Waals surface area contributed by atoms with Crippen LogP contribution in [0.15, 0.2) is 60.1 Å². The number of hydrogen-bond donors (Lipinski definition) is 2. The van der Waals surface area contributed by atoms with Gasteiger partial charge in [0.25, 0.3) is 11.8 Å². The van der Waals surface area contributed by atoms with Gasteiger partial charge in [0.05, 0.1) is 11.5 Å². The molecule has 3 rings (SSSR count). The first-order chi connectivity index (χ1) is 14.2. The van der Waals surface area contributed by atoms with E-state index >= 15 is 0 Å². The zero-order valence-corrected chi connectivity index (χ0v) is 16.7. The third kappa shape index (κ3) is 5.87. The number of nitrogens with zero attached hydrogens (tertiary/aromatic N) is 1. The number of thiophene rings is 1. The van der Waals surface area contributed by atoms with Crippen LogP contribution in [-0.4, -0.2) is 37.1 Å². The first-order valence-corrected chi connectivity index (χ1v) is 9.84. The molecule has 0 aliphatic rings. The maximum Gasteiger partial charge on any atom is 0.261 e.